The zero-order chi connectivity index (χ0) is 31.1. The number of para-hydroxylation sites is 1. The normalized spacial score (nSPS) is 19.4. The number of carbonyl (C=O) groups is 2. The van der Waals surface area contributed by atoms with Gasteiger partial charge < -0.3 is 25.6 Å². The van der Waals surface area contributed by atoms with E-state index in [4.69, 9.17) is 25.8 Å². The van der Waals surface area contributed by atoms with E-state index in [1.807, 2.05) is 42.5 Å². The number of aliphatic carboxylic acids is 2. The van der Waals surface area contributed by atoms with Gasteiger partial charge in [0.15, 0.2) is 5.65 Å². The Morgan fingerprint density at radius 3 is 2.16 bits per heavy atom. The lowest BCUT2D eigenvalue weighted by atomic mass is 9.90. The third-order valence-electron chi connectivity index (χ3n) is 7.93. The number of anilines is 1. The standard InChI is InChI=1S/C27H32N8O.C4H4O4/c1-33-13-15-34(16-14-33)20-8-10-21(11-9-20)35-27-24(26(28)30-18-31-27)25(32-35)19-7-12-23(29-17-19)36-22-5-3-2-4-6-22;5-3(6)1-2-4(7)8/h2-7,12,17-18,20-21H,8-11,13-16H2,1H3,(H2,28,30,31);1-2H,(H,5,6)(H,7,8)/b;2-1-. The van der Waals surface area contributed by atoms with Gasteiger partial charge in [0.1, 0.15) is 23.6 Å². The monoisotopic (exact) mass is 600 g/mol. The van der Waals surface area contributed by atoms with Crippen LogP contribution in [0.1, 0.15) is 31.7 Å². The van der Waals surface area contributed by atoms with Crippen molar-refractivity contribution in [1.82, 2.24) is 34.5 Å². The minimum Gasteiger partial charge on any atom is -0.478 e. The highest BCUT2D eigenvalue weighted by atomic mass is 16.5. The molecular formula is C31H36N8O5. The molecule has 0 amide bonds. The largest absolute Gasteiger partial charge is 0.478 e. The van der Waals surface area contributed by atoms with Gasteiger partial charge in [-0.25, -0.2) is 29.2 Å². The number of nitrogen functional groups attached to an aromatic ring is 1. The number of rotatable bonds is 7. The summed E-state index contributed by atoms with van der Waals surface area (Å²) < 4.78 is 7.93. The molecule has 0 radical (unpaired) electrons. The van der Waals surface area contributed by atoms with Crippen molar-refractivity contribution in [2.75, 3.05) is 39.0 Å². The fourth-order valence-electron chi connectivity index (χ4n) is 5.64. The van der Waals surface area contributed by atoms with Crippen molar-refractivity contribution in [3.05, 3.63) is 67.1 Å². The third-order valence-corrected chi connectivity index (χ3v) is 7.93. The molecule has 1 saturated carbocycles. The van der Waals surface area contributed by atoms with Gasteiger partial charge in [-0.05, 0) is 50.9 Å². The Hall–Kier alpha value is -4.88. The highest BCUT2D eigenvalue weighted by molar-refractivity contribution is 5.98. The molecule has 1 aromatic carbocycles. The van der Waals surface area contributed by atoms with Crippen molar-refractivity contribution in [2.24, 2.45) is 0 Å². The predicted octanol–water partition coefficient (Wildman–Crippen LogP) is 3.71. The molecule has 1 aliphatic carbocycles. The molecule has 4 heterocycles. The Morgan fingerprint density at radius 1 is 0.886 bits per heavy atom. The number of likely N-dealkylation sites (N-methyl/N-ethyl adjacent to an activating group) is 1. The van der Waals surface area contributed by atoms with Gasteiger partial charge in [-0.1, -0.05) is 18.2 Å². The Bertz CT molecular complexity index is 1580. The molecule has 3 aromatic heterocycles. The van der Waals surface area contributed by atoms with E-state index in [0.717, 1.165) is 54.0 Å². The number of benzene rings is 1. The number of carboxylic acids is 2. The van der Waals surface area contributed by atoms with Gasteiger partial charge in [0.2, 0.25) is 5.88 Å². The number of pyridine rings is 1. The zero-order valence-corrected chi connectivity index (χ0v) is 24.5. The summed E-state index contributed by atoms with van der Waals surface area (Å²) in [5.41, 5.74) is 8.77. The van der Waals surface area contributed by atoms with Crippen LogP contribution in [0.25, 0.3) is 22.3 Å². The molecule has 1 saturated heterocycles. The number of ether oxygens (including phenoxy) is 1. The first-order valence-corrected chi connectivity index (χ1v) is 14.5. The number of fused-ring (bicyclic) bond motifs is 1. The second kappa shape index (κ2) is 14.1. The van der Waals surface area contributed by atoms with Crippen LogP contribution in [0.5, 0.6) is 11.6 Å². The van der Waals surface area contributed by atoms with Crippen LogP contribution in [0.2, 0.25) is 0 Å². The maximum atomic E-state index is 9.55. The number of carboxylic acid groups (broad SMARTS) is 2. The lowest BCUT2D eigenvalue weighted by Gasteiger charge is -2.41. The molecule has 0 spiro atoms. The summed E-state index contributed by atoms with van der Waals surface area (Å²) in [5.74, 6) is -0.797. The molecule has 0 bridgehead atoms. The Morgan fingerprint density at radius 2 is 1.55 bits per heavy atom. The summed E-state index contributed by atoms with van der Waals surface area (Å²) in [7, 11) is 2.21. The lowest BCUT2D eigenvalue weighted by Crippen LogP contribution is -2.49. The number of hydrogen-bond acceptors (Lipinski definition) is 10. The van der Waals surface area contributed by atoms with Crippen molar-refractivity contribution in [3.63, 3.8) is 0 Å². The highest BCUT2D eigenvalue weighted by Crippen LogP contribution is 2.37. The first-order valence-electron chi connectivity index (χ1n) is 14.5. The minimum absolute atomic E-state index is 0.299. The van der Waals surface area contributed by atoms with E-state index in [0.29, 0.717) is 35.9 Å². The van der Waals surface area contributed by atoms with Crippen LogP contribution >= 0.6 is 0 Å². The van der Waals surface area contributed by atoms with Gasteiger partial charge in [-0.2, -0.15) is 5.10 Å². The van der Waals surface area contributed by atoms with E-state index in [2.05, 4.69) is 36.5 Å². The molecule has 13 heteroatoms. The molecule has 6 rings (SSSR count). The second-order valence-corrected chi connectivity index (χ2v) is 10.9. The molecule has 0 atom stereocenters. The molecular weight excluding hydrogens is 564 g/mol. The predicted molar refractivity (Wildman–Crippen MR) is 164 cm³/mol. The molecule has 44 heavy (non-hydrogen) atoms. The average molecular weight is 601 g/mol. The van der Waals surface area contributed by atoms with Crippen LogP contribution in [0.4, 0.5) is 5.82 Å². The fraction of sp³-hybridized carbons (Fsp3) is 0.355. The summed E-state index contributed by atoms with van der Waals surface area (Å²) in [4.78, 5) is 37.6. The summed E-state index contributed by atoms with van der Waals surface area (Å²) in [5, 5.41) is 21.5. The van der Waals surface area contributed by atoms with E-state index < -0.39 is 11.9 Å². The van der Waals surface area contributed by atoms with Crippen LogP contribution in [-0.4, -0.2) is 96.0 Å². The molecule has 0 unspecified atom stereocenters. The Labute approximate surface area is 254 Å². The Kier molecular flexibility index (Phi) is 9.77. The van der Waals surface area contributed by atoms with Crippen LogP contribution < -0.4 is 10.5 Å². The first-order chi connectivity index (χ1) is 21.3. The van der Waals surface area contributed by atoms with Crippen LogP contribution in [0.3, 0.4) is 0 Å². The number of nitrogens with two attached hydrogens (primary N) is 1. The van der Waals surface area contributed by atoms with Crippen molar-refractivity contribution >= 4 is 28.8 Å². The van der Waals surface area contributed by atoms with E-state index in [-0.39, 0.29) is 0 Å². The van der Waals surface area contributed by atoms with E-state index in [1.165, 1.54) is 32.3 Å². The number of hydrogen-bond donors (Lipinski definition) is 3. The minimum atomic E-state index is -1.26. The fourth-order valence-corrected chi connectivity index (χ4v) is 5.64. The van der Waals surface area contributed by atoms with E-state index in [1.54, 1.807) is 6.20 Å². The lowest BCUT2D eigenvalue weighted by molar-refractivity contribution is -0.134. The molecule has 4 N–H and O–H groups in total. The van der Waals surface area contributed by atoms with Gasteiger partial charge in [-0.3, -0.25) is 4.90 Å². The number of nitrogens with zero attached hydrogens (tertiary/aromatic N) is 7. The third kappa shape index (κ3) is 7.54. The van der Waals surface area contributed by atoms with Crippen molar-refractivity contribution < 1.29 is 24.5 Å². The number of aromatic nitrogens is 5. The molecule has 230 valence electrons. The summed E-state index contributed by atoms with van der Waals surface area (Å²) in [6.07, 6.45) is 8.95. The van der Waals surface area contributed by atoms with E-state index >= 15 is 0 Å². The topological polar surface area (TPSA) is 173 Å². The average Bonchev–Trinajstić information content (AvgIpc) is 3.43. The maximum Gasteiger partial charge on any atom is 0.328 e. The molecule has 13 nitrogen and oxygen atoms in total. The van der Waals surface area contributed by atoms with Gasteiger partial charge in [0, 0.05) is 62.2 Å². The quantitative estimate of drug-likeness (QED) is 0.263. The van der Waals surface area contributed by atoms with Crippen molar-refractivity contribution in [3.8, 4) is 22.9 Å². The molecule has 1 aliphatic heterocycles. The molecule has 2 fully saturated rings. The molecule has 2 aliphatic rings. The number of piperazine rings is 1. The maximum absolute atomic E-state index is 9.55. The van der Waals surface area contributed by atoms with Crippen molar-refractivity contribution in [1.29, 1.82) is 0 Å². The Balaban J connectivity index is 0.000000426. The summed E-state index contributed by atoms with van der Waals surface area (Å²) in [6.45, 7) is 4.65. The van der Waals surface area contributed by atoms with Crippen molar-refractivity contribution in [2.45, 2.75) is 37.8 Å². The second-order valence-electron chi connectivity index (χ2n) is 10.9. The zero-order valence-electron chi connectivity index (χ0n) is 24.5. The van der Waals surface area contributed by atoms with Gasteiger partial charge in [-0.15, -0.1) is 0 Å². The van der Waals surface area contributed by atoms with Gasteiger partial charge in [0.05, 0.1) is 11.4 Å². The van der Waals surface area contributed by atoms with Gasteiger partial charge >= 0.3 is 11.9 Å². The van der Waals surface area contributed by atoms with Crippen LogP contribution in [0.15, 0.2) is 67.1 Å². The van der Waals surface area contributed by atoms with Gasteiger partial charge in [0.25, 0.3) is 0 Å². The molecule has 4 aromatic rings. The van der Waals surface area contributed by atoms with Crippen LogP contribution in [0, 0.1) is 0 Å². The summed E-state index contributed by atoms with van der Waals surface area (Å²) >= 11 is 0. The highest BCUT2D eigenvalue weighted by Gasteiger charge is 2.30. The first kappa shape index (κ1) is 30.6. The summed E-state index contributed by atoms with van der Waals surface area (Å²) in [6, 6.07) is 14.4. The van der Waals surface area contributed by atoms with E-state index in [9.17, 15) is 9.59 Å². The smallest absolute Gasteiger partial charge is 0.328 e. The van der Waals surface area contributed by atoms with Crippen LogP contribution in [-0.2, 0) is 9.59 Å². The SMILES string of the molecule is CN1CCN(C2CCC(n3nc(-c4ccc(Oc5ccccc5)nc4)c4c(N)ncnc43)CC2)CC1.O=C(O)/C=C\C(=O)O.